The lowest BCUT2D eigenvalue weighted by molar-refractivity contribution is 0.0225. The average Bonchev–Trinajstić information content (AvgIpc) is 3.55. The van der Waals surface area contributed by atoms with Gasteiger partial charge in [-0.25, -0.2) is 9.59 Å². The van der Waals surface area contributed by atoms with Gasteiger partial charge in [0, 0.05) is 45.2 Å². The van der Waals surface area contributed by atoms with Crippen molar-refractivity contribution in [1.82, 2.24) is 0 Å². The number of halogens is 2. The molecule has 0 bridgehead atoms. The van der Waals surface area contributed by atoms with Crippen LogP contribution in [0.2, 0.25) is 10.0 Å². The predicted octanol–water partition coefficient (Wildman–Crippen LogP) is 10.4. The van der Waals surface area contributed by atoms with Gasteiger partial charge in [-0.15, -0.1) is 0 Å². The summed E-state index contributed by atoms with van der Waals surface area (Å²) in [5, 5.41) is 69.8. The molecule has 10 rings (SSSR count). The zero-order valence-electron chi connectivity index (χ0n) is 31.7. The number of carboxylic acid groups (broad SMARTS) is 1. The van der Waals surface area contributed by atoms with Gasteiger partial charge in [0.2, 0.25) is 0 Å². The molecule has 2 aliphatic heterocycles. The first-order chi connectivity index (χ1) is 29.7. The van der Waals surface area contributed by atoms with Crippen LogP contribution in [0.25, 0.3) is 21.5 Å². The topological polar surface area (TPSA) is 211 Å². The fraction of sp³-hybridized carbons (Fsp3) is 0.0208. The molecule has 0 radical (unpaired) electrons. The van der Waals surface area contributed by atoms with Crippen molar-refractivity contribution in [1.29, 1.82) is 0 Å². The smallest absolute Gasteiger partial charge is 0.340 e. The lowest BCUT2D eigenvalue weighted by Gasteiger charge is -2.37. The van der Waals surface area contributed by atoms with Gasteiger partial charge in [-0.3, -0.25) is 4.79 Å². The van der Waals surface area contributed by atoms with Gasteiger partial charge in [0.05, 0.1) is 26.7 Å². The van der Waals surface area contributed by atoms with Crippen molar-refractivity contribution in [2.45, 2.75) is 5.60 Å². The SMILES string of the molecule is O=C(O)c1ccccc1C(=O)c1cc(Cl)c(O)cc1O.O=C1OC2(c3cc(Cl)c(O)cc3Oc3c2ccc2cc(O)ccc32)c2ccccc21.Oc1ccc2c(O)cccc2c1. The number of carboxylic acids is 1. The molecule has 1 unspecified atom stereocenters. The van der Waals surface area contributed by atoms with Gasteiger partial charge >= 0.3 is 11.9 Å². The number of hydrogen-bond acceptors (Lipinski definition) is 11. The summed E-state index contributed by atoms with van der Waals surface area (Å²) in [5.74, 6) is -1.94. The van der Waals surface area contributed by atoms with Crippen molar-refractivity contribution in [3.63, 3.8) is 0 Å². The highest BCUT2D eigenvalue weighted by molar-refractivity contribution is 6.33. The van der Waals surface area contributed by atoms with Crippen LogP contribution in [-0.4, -0.2) is 53.5 Å². The highest BCUT2D eigenvalue weighted by atomic mass is 35.5. The first-order valence-electron chi connectivity index (χ1n) is 18.5. The molecule has 0 fully saturated rings. The van der Waals surface area contributed by atoms with Crippen LogP contribution in [0, 0.1) is 0 Å². The molecular weight excluding hydrogens is 839 g/mol. The Hall–Kier alpha value is -7.93. The van der Waals surface area contributed by atoms with Gasteiger partial charge in [0.15, 0.2) is 11.4 Å². The fourth-order valence-electron chi connectivity index (χ4n) is 7.45. The lowest BCUT2D eigenvalue weighted by atomic mass is 9.77. The molecular formula is C48H30Cl2O12. The molecule has 0 saturated carbocycles. The average molecular weight is 870 g/mol. The Morgan fingerprint density at radius 3 is 1.87 bits per heavy atom. The Morgan fingerprint density at radius 1 is 0.516 bits per heavy atom. The van der Waals surface area contributed by atoms with Crippen molar-refractivity contribution in [2.75, 3.05) is 0 Å². The van der Waals surface area contributed by atoms with Crippen LogP contribution in [0.5, 0.6) is 46.0 Å². The minimum Gasteiger partial charge on any atom is -0.508 e. The largest absolute Gasteiger partial charge is 0.508 e. The second kappa shape index (κ2) is 15.9. The molecule has 8 aromatic carbocycles. The Labute approximate surface area is 360 Å². The van der Waals surface area contributed by atoms with Gasteiger partial charge in [0.1, 0.15) is 46.0 Å². The van der Waals surface area contributed by atoms with Crippen LogP contribution in [0.3, 0.4) is 0 Å². The monoisotopic (exact) mass is 868 g/mol. The van der Waals surface area contributed by atoms with E-state index in [0.717, 1.165) is 33.7 Å². The van der Waals surface area contributed by atoms with E-state index in [1.165, 1.54) is 30.3 Å². The number of esters is 1. The number of phenolic OH excluding ortho intramolecular Hbond substituents is 6. The number of rotatable bonds is 3. The summed E-state index contributed by atoms with van der Waals surface area (Å²) in [7, 11) is 0. The van der Waals surface area contributed by atoms with E-state index in [9.17, 15) is 39.9 Å². The Morgan fingerprint density at radius 2 is 1.15 bits per heavy atom. The van der Waals surface area contributed by atoms with Gasteiger partial charge in [-0.05, 0) is 83.6 Å². The van der Waals surface area contributed by atoms with Crippen molar-refractivity contribution in [2.24, 2.45) is 0 Å². The molecule has 14 heteroatoms. The maximum atomic E-state index is 12.8. The molecule has 8 aromatic rings. The molecule has 0 saturated heterocycles. The number of phenols is 6. The highest BCUT2D eigenvalue weighted by Crippen LogP contribution is 2.58. The molecule has 308 valence electrons. The number of carbonyl (C=O) groups excluding carboxylic acids is 2. The zero-order chi connectivity index (χ0) is 44.0. The molecule has 7 N–H and O–H groups in total. The molecule has 1 atom stereocenters. The Kier molecular flexibility index (Phi) is 10.5. The second-order valence-electron chi connectivity index (χ2n) is 14.0. The van der Waals surface area contributed by atoms with Gasteiger partial charge in [-0.2, -0.15) is 0 Å². The van der Waals surface area contributed by atoms with E-state index in [1.54, 1.807) is 66.7 Å². The normalized spacial score (nSPS) is 14.3. The molecule has 62 heavy (non-hydrogen) atoms. The van der Waals surface area contributed by atoms with Crippen LogP contribution in [0.15, 0.2) is 140 Å². The summed E-state index contributed by atoms with van der Waals surface area (Å²) >= 11 is 11.9. The molecule has 0 aliphatic carbocycles. The minimum absolute atomic E-state index is 0.0722. The van der Waals surface area contributed by atoms with Gasteiger partial charge < -0.3 is 45.2 Å². The maximum absolute atomic E-state index is 12.8. The Bertz CT molecular complexity index is 3160. The van der Waals surface area contributed by atoms with Gasteiger partial charge in [0.25, 0.3) is 0 Å². The third-order valence-electron chi connectivity index (χ3n) is 10.3. The van der Waals surface area contributed by atoms with Gasteiger partial charge in [-0.1, -0.05) is 77.8 Å². The number of ether oxygens (including phenoxy) is 2. The van der Waals surface area contributed by atoms with E-state index in [4.69, 9.17) is 42.9 Å². The van der Waals surface area contributed by atoms with Crippen LogP contribution in [-0.2, 0) is 10.3 Å². The minimum atomic E-state index is -1.26. The number of fused-ring (bicyclic) bond motifs is 9. The summed E-state index contributed by atoms with van der Waals surface area (Å²) in [5.41, 5.74) is 0.633. The number of benzene rings is 8. The van der Waals surface area contributed by atoms with E-state index < -0.39 is 29.1 Å². The maximum Gasteiger partial charge on any atom is 0.340 e. The number of carbonyl (C=O) groups is 3. The lowest BCUT2D eigenvalue weighted by Crippen LogP contribution is -2.33. The molecule has 0 aromatic heterocycles. The summed E-state index contributed by atoms with van der Waals surface area (Å²) in [6, 6.07) is 36.6. The first kappa shape index (κ1) is 40.8. The van der Waals surface area contributed by atoms with Crippen molar-refractivity contribution in [3.8, 4) is 46.0 Å². The summed E-state index contributed by atoms with van der Waals surface area (Å²) < 4.78 is 12.3. The van der Waals surface area contributed by atoms with Crippen LogP contribution >= 0.6 is 23.2 Å². The molecule has 0 amide bonds. The number of aromatic hydroxyl groups is 6. The summed E-state index contributed by atoms with van der Waals surface area (Å²) in [4.78, 5) is 36.2. The first-order valence-corrected chi connectivity index (χ1v) is 19.2. The van der Waals surface area contributed by atoms with E-state index in [-0.39, 0.29) is 55.5 Å². The second-order valence-corrected chi connectivity index (χ2v) is 14.9. The van der Waals surface area contributed by atoms with E-state index >= 15 is 0 Å². The number of ketones is 1. The van der Waals surface area contributed by atoms with Crippen LogP contribution in [0.1, 0.15) is 53.3 Å². The van der Waals surface area contributed by atoms with Crippen LogP contribution in [0.4, 0.5) is 0 Å². The molecule has 2 aliphatic rings. The van der Waals surface area contributed by atoms with E-state index in [0.29, 0.717) is 33.8 Å². The van der Waals surface area contributed by atoms with Crippen molar-refractivity contribution >= 4 is 62.5 Å². The van der Waals surface area contributed by atoms with Crippen molar-refractivity contribution in [3.05, 3.63) is 189 Å². The number of hydrogen-bond donors (Lipinski definition) is 7. The summed E-state index contributed by atoms with van der Waals surface area (Å²) in [6.07, 6.45) is 0. The van der Waals surface area contributed by atoms with Crippen LogP contribution < -0.4 is 4.74 Å². The molecule has 1 spiro atoms. The Balaban J connectivity index is 0.000000142. The van der Waals surface area contributed by atoms with E-state index in [1.807, 2.05) is 30.3 Å². The molecule has 2 heterocycles. The predicted molar refractivity (Wildman–Crippen MR) is 229 cm³/mol. The van der Waals surface area contributed by atoms with Crippen molar-refractivity contribution < 1.29 is 59.6 Å². The third-order valence-corrected chi connectivity index (χ3v) is 10.9. The molecule has 12 nitrogen and oxygen atoms in total. The quantitative estimate of drug-likeness (QED) is 0.0653. The standard InChI is InChI=1S/C24H13ClO5.C14H9ClO5.C10H8O2/c25-19-10-18-21(11-20(19)27)29-22-14-7-6-13(26)9-12(14)5-8-17(22)24(18)16-4-2-1-3-15(16)23(28)30-24;15-10-5-9(11(16)6-12(10)17)13(18)7-3-1-2-4-8(7)14(19)20;11-8-4-5-9-7(6-8)2-1-3-10(9)12/h1-11,26-27H;1-6,16-17H,(H,19,20);1-6,11-12H. The zero-order valence-corrected chi connectivity index (χ0v) is 33.2. The fourth-order valence-corrected chi connectivity index (χ4v) is 7.78. The van der Waals surface area contributed by atoms with E-state index in [2.05, 4.69) is 0 Å². The third kappa shape index (κ3) is 7.12. The number of aromatic carboxylic acids is 1. The highest BCUT2D eigenvalue weighted by Gasteiger charge is 2.54. The summed E-state index contributed by atoms with van der Waals surface area (Å²) in [6.45, 7) is 0.